The van der Waals surface area contributed by atoms with Gasteiger partial charge < -0.3 is 10.0 Å². The molecule has 0 amide bonds. The zero-order valence-corrected chi connectivity index (χ0v) is 15.1. The van der Waals surface area contributed by atoms with Gasteiger partial charge in [-0.25, -0.2) is 0 Å². The number of hydrogen-bond acceptors (Lipinski definition) is 2. The maximum absolute atomic E-state index is 10.3. The normalized spacial score (nSPS) is 19.7. The molecule has 21 heavy (non-hydrogen) atoms. The molecule has 1 atom stereocenters. The molecule has 1 N–H and O–H groups in total. The minimum absolute atomic E-state index is 0.358. The quantitative estimate of drug-likeness (QED) is 0.852. The van der Waals surface area contributed by atoms with Crippen LogP contribution >= 0.6 is 15.9 Å². The van der Waals surface area contributed by atoms with Crippen LogP contribution in [0.4, 0.5) is 0 Å². The summed E-state index contributed by atoms with van der Waals surface area (Å²) in [7, 11) is 0. The van der Waals surface area contributed by atoms with Crippen molar-refractivity contribution < 1.29 is 5.11 Å². The molecule has 0 saturated carbocycles. The SMILES string of the molecule is CC(C)(C)C1CCN(CCC(O)c2cccc(Br)c2)CC1. The third-order valence-electron chi connectivity index (χ3n) is 4.76. The summed E-state index contributed by atoms with van der Waals surface area (Å²) in [5.74, 6) is 0.837. The van der Waals surface area contributed by atoms with Gasteiger partial charge in [-0.05, 0) is 61.4 Å². The Hall–Kier alpha value is -0.380. The minimum atomic E-state index is -0.358. The number of benzene rings is 1. The highest BCUT2D eigenvalue weighted by Gasteiger charge is 2.28. The maximum Gasteiger partial charge on any atom is 0.0802 e. The molecule has 0 aliphatic carbocycles. The Labute approximate surface area is 137 Å². The van der Waals surface area contributed by atoms with E-state index in [0.29, 0.717) is 5.41 Å². The molecule has 0 aromatic heterocycles. The molecule has 1 aliphatic rings. The molecule has 1 heterocycles. The molecular weight excluding hydrogens is 326 g/mol. The summed E-state index contributed by atoms with van der Waals surface area (Å²) in [6, 6.07) is 7.99. The van der Waals surface area contributed by atoms with E-state index in [1.807, 2.05) is 24.3 Å². The molecule has 2 nitrogen and oxygen atoms in total. The summed E-state index contributed by atoms with van der Waals surface area (Å²) >= 11 is 3.46. The minimum Gasteiger partial charge on any atom is -0.388 e. The van der Waals surface area contributed by atoms with Gasteiger partial charge in [0.25, 0.3) is 0 Å². The molecule has 1 unspecified atom stereocenters. The molecule has 118 valence electrons. The summed E-state index contributed by atoms with van der Waals surface area (Å²) in [6.45, 7) is 10.4. The largest absolute Gasteiger partial charge is 0.388 e. The predicted molar refractivity (Wildman–Crippen MR) is 92.3 cm³/mol. The third kappa shape index (κ3) is 5.08. The van der Waals surface area contributed by atoms with E-state index in [1.54, 1.807) is 0 Å². The zero-order chi connectivity index (χ0) is 15.5. The van der Waals surface area contributed by atoms with E-state index in [9.17, 15) is 5.11 Å². The van der Waals surface area contributed by atoms with Crippen LogP contribution in [0.1, 0.15) is 51.7 Å². The van der Waals surface area contributed by atoms with Gasteiger partial charge >= 0.3 is 0 Å². The number of aliphatic hydroxyl groups excluding tert-OH is 1. The van der Waals surface area contributed by atoms with Crippen LogP contribution < -0.4 is 0 Å². The lowest BCUT2D eigenvalue weighted by Gasteiger charge is -2.39. The highest BCUT2D eigenvalue weighted by molar-refractivity contribution is 9.10. The fourth-order valence-corrected chi connectivity index (χ4v) is 3.62. The zero-order valence-electron chi connectivity index (χ0n) is 13.5. The average molecular weight is 354 g/mol. The van der Waals surface area contributed by atoms with Gasteiger partial charge in [0.1, 0.15) is 0 Å². The number of piperidine rings is 1. The van der Waals surface area contributed by atoms with Crippen molar-refractivity contribution >= 4 is 15.9 Å². The van der Waals surface area contributed by atoms with E-state index in [4.69, 9.17) is 0 Å². The number of nitrogens with zero attached hydrogens (tertiary/aromatic N) is 1. The fraction of sp³-hybridized carbons (Fsp3) is 0.667. The molecule has 1 aromatic carbocycles. The highest BCUT2D eigenvalue weighted by Crippen LogP contribution is 2.34. The molecular formula is C18H28BrNO. The first-order valence-corrected chi connectivity index (χ1v) is 8.81. The van der Waals surface area contributed by atoms with Crippen LogP contribution in [0, 0.1) is 11.3 Å². The van der Waals surface area contributed by atoms with E-state index >= 15 is 0 Å². The van der Waals surface area contributed by atoms with E-state index in [1.165, 1.54) is 25.9 Å². The van der Waals surface area contributed by atoms with E-state index in [0.717, 1.165) is 28.9 Å². The van der Waals surface area contributed by atoms with E-state index in [2.05, 4.69) is 41.6 Å². The summed E-state index contributed by atoms with van der Waals surface area (Å²) < 4.78 is 1.03. The van der Waals surface area contributed by atoms with Gasteiger partial charge in [0.05, 0.1) is 6.10 Å². The van der Waals surface area contributed by atoms with Crippen LogP contribution in [0.3, 0.4) is 0 Å². The van der Waals surface area contributed by atoms with Gasteiger partial charge in [-0.15, -0.1) is 0 Å². The summed E-state index contributed by atoms with van der Waals surface area (Å²) in [4.78, 5) is 2.50. The Morgan fingerprint density at radius 2 is 1.95 bits per heavy atom. The number of halogens is 1. The van der Waals surface area contributed by atoms with Gasteiger partial charge in [-0.2, -0.15) is 0 Å². The van der Waals surface area contributed by atoms with Crippen LogP contribution in [0.2, 0.25) is 0 Å². The van der Waals surface area contributed by atoms with Gasteiger partial charge in [0.2, 0.25) is 0 Å². The first-order chi connectivity index (χ1) is 9.86. The van der Waals surface area contributed by atoms with Crippen molar-refractivity contribution in [3.63, 3.8) is 0 Å². The second kappa shape index (κ2) is 7.26. The van der Waals surface area contributed by atoms with Gasteiger partial charge in [0.15, 0.2) is 0 Å². The van der Waals surface area contributed by atoms with Crippen molar-refractivity contribution in [2.45, 2.75) is 46.1 Å². The number of aliphatic hydroxyl groups is 1. The van der Waals surface area contributed by atoms with Gasteiger partial charge in [0, 0.05) is 11.0 Å². The molecule has 2 rings (SSSR count). The van der Waals surface area contributed by atoms with Crippen LogP contribution in [0.25, 0.3) is 0 Å². The predicted octanol–water partition coefficient (Wildman–Crippen LogP) is 4.63. The fourth-order valence-electron chi connectivity index (χ4n) is 3.21. The van der Waals surface area contributed by atoms with Gasteiger partial charge in [-0.3, -0.25) is 0 Å². The highest BCUT2D eigenvalue weighted by atomic mass is 79.9. The summed E-state index contributed by atoms with van der Waals surface area (Å²) in [5.41, 5.74) is 1.44. The van der Waals surface area contributed by atoms with Crippen molar-refractivity contribution in [1.82, 2.24) is 4.90 Å². The molecule has 0 spiro atoms. The Morgan fingerprint density at radius 3 is 2.52 bits per heavy atom. The smallest absolute Gasteiger partial charge is 0.0802 e. The third-order valence-corrected chi connectivity index (χ3v) is 5.26. The second-order valence-electron chi connectivity index (χ2n) is 7.34. The number of hydrogen-bond donors (Lipinski definition) is 1. The lowest BCUT2D eigenvalue weighted by Crippen LogP contribution is -2.38. The van der Waals surface area contributed by atoms with Crippen molar-refractivity contribution in [3.8, 4) is 0 Å². The van der Waals surface area contributed by atoms with Gasteiger partial charge in [-0.1, -0.05) is 48.8 Å². The van der Waals surface area contributed by atoms with E-state index in [-0.39, 0.29) is 6.10 Å². The van der Waals surface area contributed by atoms with Crippen molar-refractivity contribution in [3.05, 3.63) is 34.3 Å². The van der Waals surface area contributed by atoms with Crippen molar-refractivity contribution in [1.29, 1.82) is 0 Å². The van der Waals surface area contributed by atoms with Crippen molar-refractivity contribution in [2.75, 3.05) is 19.6 Å². The average Bonchev–Trinajstić information content (AvgIpc) is 2.44. The molecule has 3 heteroatoms. The topological polar surface area (TPSA) is 23.5 Å². The molecule has 1 aliphatic heterocycles. The Bertz CT molecular complexity index is 447. The van der Waals surface area contributed by atoms with E-state index < -0.39 is 0 Å². The monoisotopic (exact) mass is 353 g/mol. The number of likely N-dealkylation sites (tertiary alicyclic amines) is 1. The first kappa shape index (κ1) is 17.0. The van der Waals surface area contributed by atoms with Crippen molar-refractivity contribution in [2.24, 2.45) is 11.3 Å². The Kier molecular flexibility index (Phi) is 5.87. The Morgan fingerprint density at radius 1 is 1.29 bits per heavy atom. The van der Waals surface area contributed by atoms with Crippen LogP contribution in [0.5, 0.6) is 0 Å². The van der Waals surface area contributed by atoms with Crippen LogP contribution in [-0.4, -0.2) is 29.6 Å². The summed E-state index contributed by atoms with van der Waals surface area (Å²) in [5, 5.41) is 10.3. The Balaban J connectivity index is 1.77. The number of rotatable bonds is 4. The van der Waals surface area contributed by atoms with Crippen LogP contribution in [-0.2, 0) is 0 Å². The molecule has 0 radical (unpaired) electrons. The maximum atomic E-state index is 10.3. The molecule has 0 bridgehead atoms. The first-order valence-electron chi connectivity index (χ1n) is 8.02. The summed E-state index contributed by atoms with van der Waals surface area (Å²) in [6.07, 6.45) is 3.03. The van der Waals surface area contributed by atoms with Crippen LogP contribution in [0.15, 0.2) is 28.7 Å². The molecule has 1 aromatic rings. The molecule has 1 saturated heterocycles. The molecule has 1 fully saturated rings. The lowest BCUT2D eigenvalue weighted by molar-refractivity contribution is 0.0915. The lowest BCUT2D eigenvalue weighted by atomic mass is 9.75. The second-order valence-corrected chi connectivity index (χ2v) is 8.26. The standard InChI is InChI=1S/C18H28BrNO/c1-18(2,3)15-7-10-20(11-8-15)12-9-17(21)14-5-4-6-16(19)13-14/h4-6,13,15,17,21H,7-12H2,1-3H3.